The van der Waals surface area contributed by atoms with Crippen molar-refractivity contribution in [2.45, 2.75) is 107 Å². The summed E-state index contributed by atoms with van der Waals surface area (Å²) < 4.78 is 50.5. The number of benzene rings is 1. The Bertz CT molecular complexity index is 2680. The Kier molecular flexibility index (Phi) is 16.2. The summed E-state index contributed by atoms with van der Waals surface area (Å²) in [5.41, 5.74) is 0.528. The molecule has 4 aliphatic rings. The fraction of sp³-hybridized carbons (Fsp3) is 0.479. The number of aliphatic hydroxyl groups excluding tert-OH is 2. The summed E-state index contributed by atoms with van der Waals surface area (Å²) in [6, 6.07) is 6.29. The highest BCUT2D eigenvalue weighted by molar-refractivity contribution is 8.13. The molecule has 11 atom stereocenters. The van der Waals surface area contributed by atoms with Crippen LogP contribution in [0.3, 0.4) is 0 Å². The first-order valence-electron chi connectivity index (χ1n) is 21.8. The number of carbonyl (C=O) groups excluding carboxylic acids is 4. The minimum absolute atomic E-state index is 0.0165. The van der Waals surface area contributed by atoms with Crippen LogP contribution in [-0.2, 0) is 38.0 Å². The summed E-state index contributed by atoms with van der Waals surface area (Å²) in [5.74, 6) is 6.76. The fourth-order valence-corrected chi connectivity index (χ4v) is 10.6. The minimum atomic E-state index is -1.87. The number of ketones is 2. The maximum Gasteiger partial charge on any atom is 0.411 e. The number of phenolic OH excluding ortho intramolecular Hbond substituents is 1. The number of aromatic hydroxyl groups is 1. The molecule has 0 saturated carbocycles. The van der Waals surface area contributed by atoms with Crippen molar-refractivity contribution in [1.29, 1.82) is 0 Å². The van der Waals surface area contributed by atoms with E-state index in [1.807, 2.05) is 13.8 Å². The van der Waals surface area contributed by atoms with Gasteiger partial charge in [-0.1, -0.05) is 49.4 Å². The van der Waals surface area contributed by atoms with Crippen LogP contribution in [0.15, 0.2) is 65.3 Å². The van der Waals surface area contributed by atoms with E-state index in [1.165, 1.54) is 25.3 Å². The summed E-state index contributed by atoms with van der Waals surface area (Å²) in [5, 5.41) is 41.8. The first-order chi connectivity index (χ1) is 32.5. The number of aromatic nitrogens is 2. The number of aromatic amines is 1. The molecule has 362 valence electrons. The van der Waals surface area contributed by atoms with E-state index in [4.69, 9.17) is 28.4 Å². The molecular formula is C48H53FN4O13S2. The SMILES string of the molecule is COC(=O)NC1=C2C#C/C=C(/F)C#C[C@H](OC3OC(C)C(SC)(C(=O)c4nccc5c4[nH]c4ccc(O)cc45)C(O)C3OC3CC(OC)C(NC(C)C)CO3)C2/C(=C\CSC(C)=O)[C@@H](O)CC1=O. The van der Waals surface area contributed by atoms with E-state index < -0.39 is 89.8 Å². The summed E-state index contributed by atoms with van der Waals surface area (Å²) >= 11 is 1.92. The lowest BCUT2D eigenvalue weighted by molar-refractivity contribution is -0.326. The lowest BCUT2D eigenvalue weighted by Crippen LogP contribution is -2.69. The normalized spacial score (nSPS) is 31.0. The van der Waals surface area contributed by atoms with Gasteiger partial charge in [0, 0.05) is 72.8 Å². The lowest BCUT2D eigenvalue weighted by Gasteiger charge is -2.51. The quantitative estimate of drug-likeness (QED) is 0.0793. The number of H-pyrrole nitrogens is 1. The van der Waals surface area contributed by atoms with Gasteiger partial charge in [0.05, 0.1) is 55.2 Å². The number of halogens is 1. The Morgan fingerprint density at radius 1 is 1.15 bits per heavy atom. The third kappa shape index (κ3) is 10.4. The van der Waals surface area contributed by atoms with Gasteiger partial charge in [0.25, 0.3) is 0 Å². The molecule has 9 unspecified atom stereocenters. The predicted octanol–water partition coefficient (Wildman–Crippen LogP) is 4.35. The Morgan fingerprint density at radius 3 is 2.63 bits per heavy atom. The van der Waals surface area contributed by atoms with Gasteiger partial charge in [0.2, 0.25) is 5.78 Å². The fourth-order valence-electron chi connectivity index (χ4n) is 9.03. The van der Waals surface area contributed by atoms with Crippen LogP contribution in [0.5, 0.6) is 5.75 Å². The number of rotatable bonds is 13. The number of aliphatic hydroxyl groups is 2. The second-order valence-corrected chi connectivity index (χ2v) is 19.1. The molecule has 4 heterocycles. The van der Waals surface area contributed by atoms with E-state index in [9.17, 15) is 29.7 Å². The number of ether oxygens (including phenoxy) is 6. The molecule has 2 aromatic heterocycles. The van der Waals surface area contributed by atoms with Crippen molar-refractivity contribution < 1.29 is 67.3 Å². The van der Waals surface area contributed by atoms with Crippen molar-refractivity contribution in [1.82, 2.24) is 20.6 Å². The van der Waals surface area contributed by atoms with Crippen LogP contribution in [-0.4, -0.2) is 147 Å². The number of carbonyl (C=O) groups is 4. The third-order valence-corrected chi connectivity index (χ3v) is 14.4. The van der Waals surface area contributed by atoms with Crippen molar-refractivity contribution in [3.63, 3.8) is 0 Å². The number of Topliss-reactive ketones (excluding diaryl/α,β-unsaturated/α-hetero) is 2. The molecule has 0 spiro atoms. The molecule has 2 saturated heterocycles. The summed E-state index contributed by atoms with van der Waals surface area (Å²) in [6.45, 7) is 7.02. The average Bonchev–Trinajstić information content (AvgIpc) is 3.66. The zero-order valence-electron chi connectivity index (χ0n) is 38.3. The van der Waals surface area contributed by atoms with Gasteiger partial charge in [-0.2, -0.15) is 4.39 Å². The number of hydrogen-bond acceptors (Lipinski definition) is 17. The molecule has 3 aromatic rings. The van der Waals surface area contributed by atoms with Gasteiger partial charge in [-0.05, 0) is 48.9 Å². The second kappa shape index (κ2) is 21.7. The minimum Gasteiger partial charge on any atom is -0.508 e. The summed E-state index contributed by atoms with van der Waals surface area (Å²) in [4.78, 5) is 61.8. The predicted molar refractivity (Wildman–Crippen MR) is 251 cm³/mol. The molecule has 2 aliphatic carbocycles. The van der Waals surface area contributed by atoms with E-state index in [2.05, 4.69) is 44.3 Å². The number of fused-ring (bicyclic) bond motifs is 4. The monoisotopic (exact) mass is 976 g/mol. The maximum absolute atomic E-state index is 15.4. The number of phenols is 1. The Labute approximate surface area is 400 Å². The Balaban J connectivity index is 1.36. The van der Waals surface area contributed by atoms with E-state index in [1.54, 1.807) is 38.5 Å². The zero-order chi connectivity index (χ0) is 49.0. The van der Waals surface area contributed by atoms with Crippen molar-refractivity contribution in [2.75, 3.05) is 32.8 Å². The molecule has 2 aliphatic heterocycles. The lowest BCUT2D eigenvalue weighted by atomic mass is 9.82. The number of hydrogen-bond donors (Lipinski definition) is 6. The number of alkyl carbamates (subject to hydrolysis) is 1. The maximum atomic E-state index is 15.4. The topological polar surface area (TPSA) is 237 Å². The van der Waals surface area contributed by atoms with Crippen LogP contribution in [0.2, 0.25) is 0 Å². The van der Waals surface area contributed by atoms with Gasteiger partial charge < -0.3 is 54.0 Å². The molecule has 1 amide bonds. The van der Waals surface area contributed by atoms with Crippen LogP contribution >= 0.6 is 23.5 Å². The molecule has 68 heavy (non-hydrogen) atoms. The Hall–Kier alpha value is -5.10. The van der Waals surface area contributed by atoms with Gasteiger partial charge in [-0.15, -0.1) is 11.8 Å². The first kappa shape index (κ1) is 50.8. The number of thioether (sulfide) groups is 2. The van der Waals surface area contributed by atoms with Crippen LogP contribution in [0.1, 0.15) is 51.0 Å². The highest BCUT2D eigenvalue weighted by Gasteiger charge is 2.61. The molecule has 0 radical (unpaired) electrons. The highest BCUT2D eigenvalue weighted by atomic mass is 32.2. The second-order valence-electron chi connectivity index (χ2n) is 16.8. The average molecular weight is 977 g/mol. The smallest absolute Gasteiger partial charge is 0.411 e. The molecule has 6 N–H and O–H groups in total. The molecule has 1 aromatic carbocycles. The van der Waals surface area contributed by atoms with E-state index in [-0.39, 0.29) is 64.3 Å². The van der Waals surface area contributed by atoms with Crippen molar-refractivity contribution in [2.24, 2.45) is 5.92 Å². The van der Waals surface area contributed by atoms with Gasteiger partial charge in [0.15, 0.2) is 29.3 Å². The molecule has 17 nitrogen and oxygen atoms in total. The van der Waals surface area contributed by atoms with Crippen LogP contribution in [0.25, 0.3) is 21.8 Å². The molecule has 0 bridgehead atoms. The van der Waals surface area contributed by atoms with Crippen molar-refractivity contribution >= 4 is 68.1 Å². The van der Waals surface area contributed by atoms with Gasteiger partial charge in [-0.25, -0.2) is 4.79 Å². The number of pyridine rings is 1. The van der Waals surface area contributed by atoms with E-state index in [0.29, 0.717) is 21.8 Å². The zero-order valence-corrected chi connectivity index (χ0v) is 39.9. The molecule has 7 rings (SSSR count). The molecule has 20 heteroatoms. The molecule has 2 fully saturated rings. The van der Waals surface area contributed by atoms with Gasteiger partial charge >= 0.3 is 6.09 Å². The van der Waals surface area contributed by atoms with Crippen LogP contribution < -0.4 is 10.6 Å². The number of amides is 1. The first-order valence-corrected chi connectivity index (χ1v) is 24.0. The van der Waals surface area contributed by atoms with E-state index >= 15 is 9.18 Å². The number of nitrogens with zero attached hydrogens (tertiary/aromatic N) is 1. The number of methoxy groups -OCH3 is 2. The number of allylic oxidation sites excluding steroid dienone is 3. The van der Waals surface area contributed by atoms with Gasteiger partial charge in [0.1, 0.15) is 34.5 Å². The van der Waals surface area contributed by atoms with Crippen molar-refractivity contribution in [3.05, 3.63) is 71.0 Å². The van der Waals surface area contributed by atoms with Crippen molar-refractivity contribution in [3.8, 4) is 29.4 Å². The van der Waals surface area contributed by atoms with Crippen LogP contribution in [0, 0.1) is 29.6 Å². The van der Waals surface area contributed by atoms with E-state index in [0.717, 1.165) is 36.7 Å². The summed E-state index contributed by atoms with van der Waals surface area (Å²) in [6.07, 6.45) is -6.88. The standard InChI is InChI=1S/C48H53FN4O13S2/c1-23(2)51-33-22-63-38(21-37(33)61-5)66-43-45(59)48(67-7,44(58)42-41-28(15-17-50-42)31-19-27(55)12-13-32(31)52-41)24(3)64-46(43)65-36-14-11-26(49)9-8-10-30-39(36)29(16-18-68-25(4)54)34(56)20-35(57)40(30)53-47(60)62-6/h9,12-13,15-17,19,23-24,33-34,36-39,43,45-46,51-52,55-56,59H,18,20-22H2,1-7H3,(H,53,60)/b26-9+,29-16-/t24?,33?,34-,36-,37?,38?,39?,43?,45?,46?,48?/m0/s1. The van der Waals surface area contributed by atoms with Gasteiger partial charge in [-0.3, -0.25) is 24.7 Å². The highest BCUT2D eigenvalue weighted by Crippen LogP contribution is 2.46. The molecular weight excluding hydrogens is 924 g/mol. The summed E-state index contributed by atoms with van der Waals surface area (Å²) in [7, 11) is 2.64. The third-order valence-electron chi connectivity index (χ3n) is 12.2. The van der Waals surface area contributed by atoms with Crippen LogP contribution in [0.4, 0.5) is 9.18 Å². The number of nitrogens with one attached hydrogen (secondary N) is 3. The Morgan fingerprint density at radius 2 is 1.93 bits per heavy atom. The largest absolute Gasteiger partial charge is 0.508 e.